The molecule has 4 unspecified atom stereocenters. The van der Waals surface area contributed by atoms with Crippen LogP contribution >= 0.6 is 0 Å². The van der Waals surface area contributed by atoms with Gasteiger partial charge in [-0.3, -0.25) is 4.79 Å². The molecule has 2 saturated carbocycles. The fraction of sp³-hybridized carbons (Fsp3) is 0.588. The van der Waals surface area contributed by atoms with Crippen molar-refractivity contribution in [3.05, 3.63) is 29.3 Å². The summed E-state index contributed by atoms with van der Waals surface area (Å²) in [5.74, 6) is 2.34. The number of carbonyl (C=O) groups excluding carboxylic acids is 1. The Morgan fingerprint density at radius 2 is 2.19 bits per heavy atom. The average molecular weight is 287 g/mol. The number of carbonyl (C=O) groups is 1. The van der Waals surface area contributed by atoms with Gasteiger partial charge in [-0.15, -0.1) is 0 Å². The number of fused-ring (bicyclic) bond motifs is 3. The van der Waals surface area contributed by atoms with Gasteiger partial charge in [0.05, 0.1) is 18.2 Å². The molecule has 0 saturated heterocycles. The first kappa shape index (κ1) is 13.1. The van der Waals surface area contributed by atoms with E-state index in [1.807, 2.05) is 18.2 Å². The van der Waals surface area contributed by atoms with Gasteiger partial charge in [0, 0.05) is 0 Å². The van der Waals surface area contributed by atoms with Crippen molar-refractivity contribution < 1.29 is 14.6 Å². The molecule has 1 heterocycles. The number of hydrogen-bond acceptors (Lipinski definition) is 3. The van der Waals surface area contributed by atoms with E-state index in [9.17, 15) is 9.90 Å². The molecule has 2 N–H and O–H groups in total. The minimum absolute atomic E-state index is 0.107. The summed E-state index contributed by atoms with van der Waals surface area (Å²) in [6.45, 7) is 1.02. The maximum atomic E-state index is 12.1. The first-order valence-electron chi connectivity index (χ1n) is 7.95. The summed E-state index contributed by atoms with van der Waals surface area (Å²) in [7, 11) is 0. The molecule has 2 bridgehead atoms. The molecule has 112 valence electrons. The van der Waals surface area contributed by atoms with E-state index in [2.05, 4.69) is 5.32 Å². The van der Waals surface area contributed by atoms with Crippen LogP contribution < -0.4 is 10.1 Å². The van der Waals surface area contributed by atoms with Crippen molar-refractivity contribution in [2.45, 2.75) is 31.8 Å². The number of amides is 1. The lowest BCUT2D eigenvalue weighted by Gasteiger charge is -2.27. The molecule has 3 aliphatic rings. The molecule has 1 amide bonds. The van der Waals surface area contributed by atoms with Gasteiger partial charge in [0.15, 0.2) is 0 Å². The smallest absolute Gasteiger partial charge is 0.255 e. The van der Waals surface area contributed by atoms with E-state index in [0.29, 0.717) is 36.3 Å². The topological polar surface area (TPSA) is 58.6 Å². The van der Waals surface area contributed by atoms with Crippen LogP contribution in [0.15, 0.2) is 18.2 Å². The monoisotopic (exact) mass is 287 g/mol. The molecule has 0 spiro atoms. The Morgan fingerprint density at radius 1 is 1.29 bits per heavy atom. The highest BCUT2D eigenvalue weighted by Gasteiger charge is 2.43. The number of rotatable bonds is 2. The van der Waals surface area contributed by atoms with Gasteiger partial charge in [-0.05, 0) is 54.7 Å². The second-order valence-corrected chi connectivity index (χ2v) is 6.64. The van der Waals surface area contributed by atoms with E-state index in [-0.39, 0.29) is 5.91 Å². The first-order valence-corrected chi connectivity index (χ1v) is 7.95. The molecule has 0 radical (unpaired) electrons. The molecule has 4 atom stereocenters. The summed E-state index contributed by atoms with van der Waals surface area (Å²) in [5.41, 5.74) is 1.40. The zero-order valence-electron chi connectivity index (χ0n) is 12.0. The quantitative estimate of drug-likeness (QED) is 0.877. The maximum Gasteiger partial charge on any atom is 0.255 e. The van der Waals surface area contributed by atoms with Crippen LogP contribution in [-0.4, -0.2) is 24.2 Å². The minimum atomic E-state index is -0.457. The fourth-order valence-corrected chi connectivity index (χ4v) is 4.38. The molecule has 1 aromatic rings. The average Bonchev–Trinajstić information content (AvgIpc) is 3.09. The minimum Gasteiger partial charge on any atom is -0.491 e. The third-order valence-electron chi connectivity index (χ3n) is 5.43. The van der Waals surface area contributed by atoms with Crippen molar-refractivity contribution in [3.8, 4) is 5.75 Å². The Bertz CT molecular complexity index is 571. The summed E-state index contributed by atoms with van der Waals surface area (Å²) in [6, 6.07) is 5.55. The predicted molar refractivity (Wildman–Crippen MR) is 78.2 cm³/mol. The van der Waals surface area contributed by atoms with Crippen LogP contribution in [0.5, 0.6) is 5.75 Å². The highest BCUT2D eigenvalue weighted by Crippen LogP contribution is 2.52. The highest BCUT2D eigenvalue weighted by molar-refractivity contribution is 5.97. The summed E-state index contributed by atoms with van der Waals surface area (Å²) >= 11 is 0. The van der Waals surface area contributed by atoms with E-state index in [4.69, 9.17) is 4.74 Å². The third-order valence-corrected chi connectivity index (χ3v) is 5.43. The van der Waals surface area contributed by atoms with Gasteiger partial charge >= 0.3 is 0 Å². The van der Waals surface area contributed by atoms with Crippen LogP contribution in [0.25, 0.3) is 0 Å². The Morgan fingerprint density at radius 3 is 2.95 bits per heavy atom. The Labute approximate surface area is 124 Å². The van der Waals surface area contributed by atoms with Crippen molar-refractivity contribution in [3.63, 3.8) is 0 Å². The van der Waals surface area contributed by atoms with E-state index in [0.717, 1.165) is 17.9 Å². The molecule has 4 nitrogen and oxygen atoms in total. The molecular weight excluding hydrogens is 266 g/mol. The zero-order chi connectivity index (χ0) is 14.4. The second-order valence-electron chi connectivity index (χ2n) is 6.64. The molecule has 4 rings (SSSR count). The van der Waals surface area contributed by atoms with E-state index >= 15 is 0 Å². The van der Waals surface area contributed by atoms with E-state index < -0.39 is 6.10 Å². The summed E-state index contributed by atoms with van der Waals surface area (Å²) in [6.07, 6.45) is 4.53. The third kappa shape index (κ3) is 2.22. The molecule has 2 aliphatic carbocycles. The summed E-state index contributed by atoms with van der Waals surface area (Å²) in [5, 5.41) is 13.5. The van der Waals surface area contributed by atoms with Crippen LogP contribution in [0.1, 0.15) is 47.7 Å². The largest absolute Gasteiger partial charge is 0.491 e. The predicted octanol–water partition coefficient (Wildman–Crippen LogP) is 2.28. The van der Waals surface area contributed by atoms with Crippen LogP contribution in [0.3, 0.4) is 0 Å². The van der Waals surface area contributed by atoms with Crippen LogP contribution in [0, 0.1) is 17.8 Å². The van der Waals surface area contributed by atoms with Gasteiger partial charge in [0.25, 0.3) is 5.91 Å². The molecule has 1 aliphatic heterocycles. The SMILES string of the molecule is O=C1NCCOc2ccc(C(O)C3CC4CCC3C4)cc21. The van der Waals surface area contributed by atoms with Gasteiger partial charge in [-0.25, -0.2) is 0 Å². The molecular formula is C17H21NO3. The Hall–Kier alpha value is -1.55. The van der Waals surface area contributed by atoms with Crippen molar-refractivity contribution in [2.24, 2.45) is 17.8 Å². The number of benzene rings is 1. The second kappa shape index (κ2) is 5.02. The first-order chi connectivity index (χ1) is 10.2. The lowest BCUT2D eigenvalue weighted by Crippen LogP contribution is -2.24. The number of aliphatic hydroxyl groups is 1. The van der Waals surface area contributed by atoms with Crippen molar-refractivity contribution in [2.75, 3.05) is 13.2 Å². The van der Waals surface area contributed by atoms with E-state index in [1.54, 1.807) is 0 Å². The standard InChI is InChI=1S/C17H21NO3/c19-16(13-8-10-1-2-11(13)7-10)12-3-4-15-14(9-12)17(20)18-5-6-21-15/h3-4,9-11,13,16,19H,1-2,5-8H2,(H,18,20). The maximum absolute atomic E-state index is 12.1. The van der Waals surface area contributed by atoms with Crippen LogP contribution in [0.4, 0.5) is 0 Å². The lowest BCUT2D eigenvalue weighted by atomic mass is 9.82. The number of ether oxygens (including phenoxy) is 1. The molecule has 21 heavy (non-hydrogen) atoms. The highest BCUT2D eigenvalue weighted by atomic mass is 16.5. The summed E-state index contributed by atoms with van der Waals surface area (Å²) < 4.78 is 5.56. The van der Waals surface area contributed by atoms with Crippen LogP contribution in [-0.2, 0) is 0 Å². The fourth-order valence-electron chi connectivity index (χ4n) is 4.38. The van der Waals surface area contributed by atoms with Crippen LogP contribution in [0.2, 0.25) is 0 Å². The molecule has 4 heteroatoms. The zero-order valence-corrected chi connectivity index (χ0v) is 12.0. The Balaban J connectivity index is 1.62. The molecule has 0 aromatic heterocycles. The van der Waals surface area contributed by atoms with Gasteiger partial charge < -0.3 is 15.2 Å². The number of aliphatic hydroxyl groups excluding tert-OH is 1. The van der Waals surface area contributed by atoms with Crippen molar-refractivity contribution >= 4 is 5.91 Å². The van der Waals surface area contributed by atoms with Gasteiger partial charge in [0.2, 0.25) is 0 Å². The normalized spacial score (nSPS) is 32.0. The molecule has 1 aromatic carbocycles. The number of hydrogen-bond donors (Lipinski definition) is 2. The molecule has 2 fully saturated rings. The van der Waals surface area contributed by atoms with Gasteiger partial charge in [-0.1, -0.05) is 12.5 Å². The number of nitrogens with one attached hydrogen (secondary N) is 1. The van der Waals surface area contributed by atoms with Gasteiger partial charge in [0.1, 0.15) is 12.4 Å². The summed E-state index contributed by atoms with van der Waals surface area (Å²) in [4.78, 5) is 12.1. The van der Waals surface area contributed by atoms with E-state index in [1.165, 1.54) is 19.3 Å². The van der Waals surface area contributed by atoms with Crippen molar-refractivity contribution in [1.29, 1.82) is 0 Å². The lowest BCUT2D eigenvalue weighted by molar-refractivity contribution is 0.0743. The van der Waals surface area contributed by atoms with Gasteiger partial charge in [-0.2, -0.15) is 0 Å². The van der Waals surface area contributed by atoms with Crippen molar-refractivity contribution in [1.82, 2.24) is 5.32 Å². The Kier molecular flexibility index (Phi) is 3.14.